The van der Waals surface area contributed by atoms with Gasteiger partial charge in [0.2, 0.25) is 0 Å². The smallest absolute Gasteiger partial charge is 0.254 e. The topological polar surface area (TPSA) is 58.6 Å². The lowest BCUT2D eigenvalue weighted by Crippen LogP contribution is -2.03. The molecule has 2 aliphatic rings. The summed E-state index contributed by atoms with van der Waals surface area (Å²) in [5.74, 6) is 0.758. The standard InChI is InChI=1S/C15H16ClN3OS/c16-21(20)15-17-14(18-19-15)8-13-11-5-1-3-9(11)7-10-4-2-6-12(10)13/h7H,1-6,8H2,(H,17,18,19). The molecule has 4 rings (SSSR count). The summed E-state index contributed by atoms with van der Waals surface area (Å²) in [7, 11) is 3.89. The van der Waals surface area contributed by atoms with Crippen LogP contribution in [0, 0.1) is 0 Å². The summed E-state index contributed by atoms with van der Waals surface area (Å²) in [4.78, 5) is 4.26. The molecule has 0 saturated heterocycles. The largest absolute Gasteiger partial charge is 0.262 e. The normalized spacial score (nSPS) is 17.8. The lowest BCUT2D eigenvalue weighted by molar-refractivity contribution is 0.685. The lowest BCUT2D eigenvalue weighted by Gasteiger charge is -2.14. The van der Waals surface area contributed by atoms with Crippen molar-refractivity contribution in [2.75, 3.05) is 0 Å². The van der Waals surface area contributed by atoms with Crippen LogP contribution >= 0.6 is 10.7 Å². The second kappa shape index (κ2) is 5.21. The maximum Gasteiger partial charge on any atom is 0.254 e. The molecule has 1 unspecified atom stereocenters. The zero-order valence-electron chi connectivity index (χ0n) is 11.6. The molecule has 0 spiro atoms. The van der Waals surface area contributed by atoms with E-state index in [4.69, 9.17) is 10.7 Å². The van der Waals surface area contributed by atoms with Crippen LogP contribution in [0.25, 0.3) is 0 Å². The second-order valence-electron chi connectivity index (χ2n) is 5.80. The number of aryl methyl sites for hydroxylation is 2. The molecule has 0 fully saturated rings. The predicted octanol–water partition coefficient (Wildman–Crippen LogP) is 2.63. The molecule has 0 bridgehead atoms. The van der Waals surface area contributed by atoms with Crippen LogP contribution in [0.15, 0.2) is 11.2 Å². The number of nitrogens with zero attached hydrogens (tertiary/aromatic N) is 2. The summed E-state index contributed by atoms with van der Waals surface area (Å²) in [6, 6.07) is 2.42. The van der Waals surface area contributed by atoms with E-state index in [9.17, 15) is 4.21 Å². The van der Waals surface area contributed by atoms with Crippen molar-refractivity contribution in [2.45, 2.75) is 50.1 Å². The number of fused-ring (bicyclic) bond motifs is 2. The SMILES string of the molecule is O=S(Cl)c1n[nH]c(Cc2c3c(cc4c2CCC4)CCC3)n1. The Kier molecular flexibility index (Phi) is 3.34. The molecule has 0 aliphatic heterocycles. The molecular weight excluding hydrogens is 306 g/mol. The van der Waals surface area contributed by atoms with Crippen LogP contribution in [0.5, 0.6) is 0 Å². The van der Waals surface area contributed by atoms with E-state index in [1.807, 2.05) is 0 Å². The molecule has 0 radical (unpaired) electrons. The molecule has 110 valence electrons. The molecule has 1 aromatic heterocycles. The van der Waals surface area contributed by atoms with Gasteiger partial charge in [-0.15, -0.1) is 5.10 Å². The monoisotopic (exact) mass is 321 g/mol. The fourth-order valence-corrected chi connectivity index (χ4v) is 4.25. The molecule has 0 amide bonds. The van der Waals surface area contributed by atoms with Gasteiger partial charge in [0.25, 0.3) is 5.16 Å². The van der Waals surface area contributed by atoms with Crippen molar-refractivity contribution in [1.82, 2.24) is 15.2 Å². The van der Waals surface area contributed by atoms with Gasteiger partial charge in [0.05, 0.1) is 0 Å². The Morgan fingerprint density at radius 1 is 1.14 bits per heavy atom. The molecule has 4 nitrogen and oxygen atoms in total. The van der Waals surface area contributed by atoms with Gasteiger partial charge in [-0.1, -0.05) is 6.07 Å². The highest BCUT2D eigenvalue weighted by atomic mass is 35.7. The van der Waals surface area contributed by atoms with Crippen LogP contribution in [0.3, 0.4) is 0 Å². The average Bonchev–Trinajstić information content (AvgIpc) is 3.17. The van der Waals surface area contributed by atoms with Gasteiger partial charge in [0.1, 0.15) is 5.82 Å². The minimum atomic E-state index is -1.65. The van der Waals surface area contributed by atoms with Gasteiger partial charge in [-0.05, 0) is 77.0 Å². The van der Waals surface area contributed by atoms with Crippen LogP contribution in [0.2, 0.25) is 0 Å². The molecule has 2 aliphatic carbocycles. The number of aromatic nitrogens is 3. The molecule has 1 heterocycles. The Labute approximate surface area is 130 Å². The Balaban J connectivity index is 1.76. The number of halogens is 1. The maximum absolute atomic E-state index is 11.2. The molecule has 21 heavy (non-hydrogen) atoms. The number of rotatable bonds is 3. The summed E-state index contributed by atoms with van der Waals surface area (Å²) in [5, 5.41) is 6.99. The van der Waals surface area contributed by atoms with E-state index in [0.29, 0.717) is 0 Å². The second-order valence-corrected chi connectivity index (χ2v) is 7.46. The van der Waals surface area contributed by atoms with Crippen molar-refractivity contribution in [3.8, 4) is 0 Å². The summed E-state index contributed by atoms with van der Waals surface area (Å²) in [6.45, 7) is 0. The highest BCUT2D eigenvalue weighted by Crippen LogP contribution is 2.35. The van der Waals surface area contributed by atoms with Crippen molar-refractivity contribution in [1.29, 1.82) is 0 Å². The van der Waals surface area contributed by atoms with E-state index in [1.54, 1.807) is 0 Å². The highest BCUT2D eigenvalue weighted by Gasteiger charge is 2.24. The lowest BCUT2D eigenvalue weighted by atomic mass is 9.92. The molecule has 1 aromatic carbocycles. The third kappa shape index (κ3) is 2.32. The Bertz CT molecular complexity index is 709. The van der Waals surface area contributed by atoms with Gasteiger partial charge in [0, 0.05) is 6.42 Å². The number of aromatic amines is 1. The third-order valence-electron chi connectivity index (χ3n) is 4.60. The van der Waals surface area contributed by atoms with Gasteiger partial charge in [-0.2, -0.15) is 0 Å². The molecule has 6 heteroatoms. The molecule has 1 N–H and O–H groups in total. The van der Waals surface area contributed by atoms with E-state index in [-0.39, 0.29) is 5.16 Å². The minimum absolute atomic E-state index is 0.177. The zero-order valence-corrected chi connectivity index (χ0v) is 13.2. The maximum atomic E-state index is 11.2. The van der Waals surface area contributed by atoms with E-state index in [1.165, 1.54) is 66.3 Å². The van der Waals surface area contributed by atoms with Gasteiger partial charge in [-0.3, -0.25) is 5.10 Å². The Hall–Kier alpha value is -1.20. The van der Waals surface area contributed by atoms with Gasteiger partial charge in [-0.25, -0.2) is 9.19 Å². The summed E-state index contributed by atoms with van der Waals surface area (Å²) >= 11 is 0. The van der Waals surface area contributed by atoms with Crippen LogP contribution < -0.4 is 0 Å². The predicted molar refractivity (Wildman–Crippen MR) is 81.9 cm³/mol. The number of nitrogens with one attached hydrogen (secondary N) is 1. The fraction of sp³-hybridized carbons (Fsp3) is 0.467. The van der Waals surface area contributed by atoms with Gasteiger partial charge in [0.15, 0.2) is 10.0 Å². The van der Waals surface area contributed by atoms with Crippen molar-refractivity contribution < 1.29 is 4.21 Å². The molecule has 1 atom stereocenters. The number of H-pyrrole nitrogens is 1. The summed E-state index contributed by atoms with van der Waals surface area (Å²) in [6.07, 6.45) is 7.97. The van der Waals surface area contributed by atoms with Crippen molar-refractivity contribution in [3.63, 3.8) is 0 Å². The van der Waals surface area contributed by atoms with E-state index in [2.05, 4.69) is 21.2 Å². The van der Waals surface area contributed by atoms with Gasteiger partial charge < -0.3 is 0 Å². The van der Waals surface area contributed by atoms with Crippen molar-refractivity contribution in [3.05, 3.63) is 39.7 Å². The zero-order chi connectivity index (χ0) is 14.4. The summed E-state index contributed by atoms with van der Waals surface area (Å²) in [5.41, 5.74) is 7.50. The van der Waals surface area contributed by atoms with Crippen LogP contribution in [-0.2, 0) is 42.1 Å². The number of hydrogen-bond donors (Lipinski definition) is 1. The first-order chi connectivity index (χ1) is 10.2. The van der Waals surface area contributed by atoms with Crippen LogP contribution in [-0.4, -0.2) is 19.4 Å². The van der Waals surface area contributed by atoms with Crippen molar-refractivity contribution in [2.24, 2.45) is 0 Å². The first-order valence-electron chi connectivity index (χ1n) is 7.37. The highest BCUT2D eigenvalue weighted by molar-refractivity contribution is 8.08. The van der Waals surface area contributed by atoms with Gasteiger partial charge >= 0.3 is 0 Å². The van der Waals surface area contributed by atoms with Crippen LogP contribution in [0.1, 0.15) is 46.5 Å². The minimum Gasteiger partial charge on any atom is -0.262 e. The molecular formula is C15H16ClN3OS. The first kappa shape index (κ1) is 13.5. The quantitative estimate of drug-likeness (QED) is 0.884. The Morgan fingerprint density at radius 2 is 1.81 bits per heavy atom. The van der Waals surface area contributed by atoms with Crippen LogP contribution in [0.4, 0.5) is 0 Å². The third-order valence-corrected chi connectivity index (χ3v) is 5.48. The number of benzene rings is 1. The average molecular weight is 322 g/mol. The first-order valence-corrected chi connectivity index (χ1v) is 9.34. The summed E-state index contributed by atoms with van der Waals surface area (Å²) < 4.78 is 11.2. The fourth-order valence-electron chi connectivity index (χ4n) is 3.74. The Morgan fingerprint density at radius 3 is 2.38 bits per heavy atom. The van der Waals surface area contributed by atoms with E-state index in [0.717, 1.165) is 12.2 Å². The van der Waals surface area contributed by atoms with E-state index < -0.39 is 10.0 Å². The van der Waals surface area contributed by atoms with Crippen molar-refractivity contribution >= 4 is 20.7 Å². The number of hydrogen-bond acceptors (Lipinski definition) is 3. The molecule has 0 saturated carbocycles. The van der Waals surface area contributed by atoms with E-state index >= 15 is 0 Å². The molecule has 2 aromatic rings.